The molecule has 2 rings (SSSR count). The highest BCUT2D eigenvalue weighted by Gasteiger charge is 2.13. The molecule has 0 fully saturated rings. The van der Waals surface area contributed by atoms with Crippen molar-refractivity contribution in [2.75, 3.05) is 19.0 Å². The number of para-hydroxylation sites is 2. The molecule has 0 unspecified atom stereocenters. The predicted octanol–water partition coefficient (Wildman–Crippen LogP) is 3.93. The van der Waals surface area contributed by atoms with E-state index in [4.69, 9.17) is 4.98 Å². The van der Waals surface area contributed by atoms with E-state index in [0.717, 1.165) is 23.4 Å². The van der Waals surface area contributed by atoms with Crippen molar-refractivity contribution in [1.82, 2.24) is 9.55 Å². The second kappa shape index (κ2) is 5.74. The molecule has 0 amide bonds. The Bertz CT molecular complexity index is 618. The van der Waals surface area contributed by atoms with Crippen LogP contribution in [0.5, 0.6) is 0 Å². The zero-order valence-corrected chi connectivity index (χ0v) is 12.1. The number of aromatic nitrogens is 2. The number of benzene rings is 1. The van der Waals surface area contributed by atoms with Crippen molar-refractivity contribution in [2.24, 2.45) is 0 Å². The molecular weight excluding hydrogens is 234 g/mol. The Kier molecular flexibility index (Phi) is 4.05. The highest BCUT2D eigenvalue weighted by atomic mass is 15.3. The third-order valence-corrected chi connectivity index (χ3v) is 2.95. The first kappa shape index (κ1) is 13.4. The first-order valence-electron chi connectivity index (χ1n) is 6.67. The van der Waals surface area contributed by atoms with E-state index in [2.05, 4.69) is 47.9 Å². The quantitative estimate of drug-likeness (QED) is 0.772. The van der Waals surface area contributed by atoms with Crippen LogP contribution in [0.15, 0.2) is 42.5 Å². The van der Waals surface area contributed by atoms with Crippen LogP contribution in [0.4, 0.5) is 5.95 Å². The third-order valence-electron chi connectivity index (χ3n) is 2.95. The van der Waals surface area contributed by atoms with Gasteiger partial charge in [0.05, 0.1) is 11.0 Å². The molecule has 1 aromatic heterocycles. The fourth-order valence-electron chi connectivity index (χ4n) is 2.18. The van der Waals surface area contributed by atoms with Crippen LogP contribution in [0.1, 0.15) is 20.3 Å². The normalized spacial score (nSPS) is 12.5. The van der Waals surface area contributed by atoms with Gasteiger partial charge in [-0.1, -0.05) is 31.2 Å². The van der Waals surface area contributed by atoms with Gasteiger partial charge in [-0.05, 0) is 31.6 Å². The van der Waals surface area contributed by atoms with E-state index in [-0.39, 0.29) is 0 Å². The number of nitrogens with zero attached hydrogens (tertiary/aromatic N) is 3. The minimum absolute atomic E-state index is 0.957. The molecule has 0 aliphatic carbocycles. The van der Waals surface area contributed by atoms with E-state index in [1.165, 1.54) is 5.70 Å². The number of fused-ring (bicyclic) bond motifs is 1. The number of imidazole rings is 1. The molecule has 19 heavy (non-hydrogen) atoms. The van der Waals surface area contributed by atoms with E-state index in [1.54, 1.807) is 0 Å². The molecule has 1 heterocycles. The van der Waals surface area contributed by atoms with Crippen LogP contribution in [0.3, 0.4) is 0 Å². The van der Waals surface area contributed by atoms with Crippen LogP contribution < -0.4 is 4.90 Å². The number of allylic oxidation sites excluding steroid dienone is 4. The van der Waals surface area contributed by atoms with Gasteiger partial charge < -0.3 is 4.90 Å². The first-order valence-corrected chi connectivity index (χ1v) is 6.67. The lowest BCUT2D eigenvalue weighted by Crippen LogP contribution is -2.14. The largest absolute Gasteiger partial charge is 0.348 e. The van der Waals surface area contributed by atoms with Crippen molar-refractivity contribution >= 4 is 22.7 Å². The van der Waals surface area contributed by atoms with Crippen molar-refractivity contribution in [3.63, 3.8) is 0 Å². The molecule has 0 atom stereocenters. The Morgan fingerprint density at radius 1 is 1.32 bits per heavy atom. The monoisotopic (exact) mass is 255 g/mol. The van der Waals surface area contributed by atoms with Crippen molar-refractivity contribution in [3.8, 4) is 0 Å². The van der Waals surface area contributed by atoms with E-state index >= 15 is 0 Å². The van der Waals surface area contributed by atoms with Gasteiger partial charge in [-0.3, -0.25) is 4.57 Å². The average Bonchev–Trinajstić information content (AvgIpc) is 2.78. The molecule has 100 valence electrons. The number of hydrogen-bond acceptors (Lipinski definition) is 2. The van der Waals surface area contributed by atoms with Gasteiger partial charge in [0.15, 0.2) is 0 Å². The van der Waals surface area contributed by atoms with Crippen LogP contribution in [-0.2, 0) is 0 Å². The van der Waals surface area contributed by atoms with Crippen LogP contribution in [0.2, 0.25) is 0 Å². The van der Waals surface area contributed by atoms with Crippen molar-refractivity contribution in [1.29, 1.82) is 0 Å². The molecule has 0 aliphatic rings. The lowest BCUT2D eigenvalue weighted by Gasteiger charge is -2.15. The van der Waals surface area contributed by atoms with Gasteiger partial charge in [-0.25, -0.2) is 4.98 Å². The van der Waals surface area contributed by atoms with E-state index in [9.17, 15) is 0 Å². The van der Waals surface area contributed by atoms with Crippen molar-refractivity contribution in [3.05, 3.63) is 42.5 Å². The molecule has 0 saturated heterocycles. The maximum absolute atomic E-state index is 4.71. The predicted molar refractivity (Wildman–Crippen MR) is 83.4 cm³/mol. The highest BCUT2D eigenvalue weighted by molar-refractivity contribution is 5.84. The minimum atomic E-state index is 0.957. The number of anilines is 1. The summed E-state index contributed by atoms with van der Waals surface area (Å²) in [5.41, 5.74) is 3.34. The van der Waals surface area contributed by atoms with Crippen LogP contribution in [-0.4, -0.2) is 23.6 Å². The first-order chi connectivity index (χ1) is 9.19. The van der Waals surface area contributed by atoms with Crippen LogP contribution >= 0.6 is 0 Å². The van der Waals surface area contributed by atoms with Gasteiger partial charge in [0.2, 0.25) is 5.95 Å². The van der Waals surface area contributed by atoms with Gasteiger partial charge >= 0.3 is 0 Å². The number of hydrogen-bond donors (Lipinski definition) is 0. The van der Waals surface area contributed by atoms with Gasteiger partial charge in [-0.2, -0.15) is 0 Å². The Hall–Kier alpha value is -2.03. The molecule has 3 heteroatoms. The molecule has 0 N–H and O–H groups in total. The van der Waals surface area contributed by atoms with Gasteiger partial charge in [0, 0.05) is 19.8 Å². The Morgan fingerprint density at radius 3 is 2.68 bits per heavy atom. The van der Waals surface area contributed by atoms with Crippen LogP contribution in [0.25, 0.3) is 16.7 Å². The second-order valence-corrected chi connectivity index (χ2v) is 4.67. The van der Waals surface area contributed by atoms with Crippen molar-refractivity contribution in [2.45, 2.75) is 20.3 Å². The molecule has 0 spiro atoms. The zero-order chi connectivity index (χ0) is 13.8. The molecule has 0 radical (unpaired) electrons. The van der Waals surface area contributed by atoms with Crippen molar-refractivity contribution < 1.29 is 0 Å². The summed E-state index contributed by atoms with van der Waals surface area (Å²) in [5.74, 6) is 0.957. The van der Waals surface area contributed by atoms with Crippen LogP contribution in [0, 0.1) is 0 Å². The second-order valence-electron chi connectivity index (χ2n) is 4.67. The molecular formula is C16H21N3. The Morgan fingerprint density at radius 2 is 2.05 bits per heavy atom. The fourth-order valence-corrected chi connectivity index (χ4v) is 2.18. The summed E-state index contributed by atoms with van der Waals surface area (Å²) < 4.78 is 2.21. The van der Waals surface area contributed by atoms with Gasteiger partial charge in [-0.15, -0.1) is 0 Å². The Labute approximate surface area is 114 Å². The maximum atomic E-state index is 4.71. The maximum Gasteiger partial charge on any atom is 0.210 e. The minimum Gasteiger partial charge on any atom is -0.348 e. The number of rotatable bonds is 4. The summed E-state index contributed by atoms with van der Waals surface area (Å²) in [6, 6.07) is 8.25. The lowest BCUT2D eigenvalue weighted by molar-refractivity contribution is 0.982. The van der Waals surface area contributed by atoms with E-state index in [1.807, 2.05) is 32.0 Å². The zero-order valence-electron chi connectivity index (χ0n) is 12.1. The topological polar surface area (TPSA) is 21.1 Å². The summed E-state index contributed by atoms with van der Waals surface area (Å²) in [6.07, 6.45) is 7.42. The summed E-state index contributed by atoms with van der Waals surface area (Å²) in [4.78, 5) is 6.76. The molecule has 3 nitrogen and oxygen atoms in total. The van der Waals surface area contributed by atoms with Gasteiger partial charge in [0.25, 0.3) is 0 Å². The summed E-state index contributed by atoms with van der Waals surface area (Å²) in [5, 5.41) is 0. The SMILES string of the molecule is C/C=C\C(=C/CC)n1c(N(C)C)nc2ccccc21. The standard InChI is InChI=1S/C16H21N3/c1-5-9-13(10-6-2)19-15-12-8-7-11-14(15)17-16(19)18(3)4/h5,7-12H,6H2,1-4H3/b9-5-,13-10+. The summed E-state index contributed by atoms with van der Waals surface area (Å²) in [7, 11) is 4.05. The van der Waals surface area contributed by atoms with E-state index in [0.29, 0.717) is 0 Å². The summed E-state index contributed by atoms with van der Waals surface area (Å²) >= 11 is 0. The van der Waals surface area contributed by atoms with Gasteiger partial charge in [0.1, 0.15) is 0 Å². The molecule has 2 aromatic rings. The molecule has 0 aliphatic heterocycles. The average molecular weight is 255 g/mol. The third kappa shape index (κ3) is 2.55. The molecule has 1 aromatic carbocycles. The summed E-state index contributed by atoms with van der Waals surface area (Å²) in [6.45, 7) is 4.19. The highest BCUT2D eigenvalue weighted by Crippen LogP contribution is 2.26. The Balaban J connectivity index is 2.74. The molecule has 0 bridgehead atoms. The lowest BCUT2D eigenvalue weighted by atomic mass is 10.2. The molecule has 0 saturated carbocycles. The smallest absolute Gasteiger partial charge is 0.210 e. The fraction of sp³-hybridized carbons (Fsp3) is 0.312. The van der Waals surface area contributed by atoms with E-state index < -0.39 is 0 Å².